The summed E-state index contributed by atoms with van der Waals surface area (Å²) in [5.41, 5.74) is 0.458. The third kappa shape index (κ3) is 6.70. The van der Waals surface area contributed by atoms with Crippen molar-refractivity contribution in [3.63, 3.8) is 0 Å². The lowest BCUT2D eigenvalue weighted by Crippen LogP contribution is -2.40. The van der Waals surface area contributed by atoms with Gasteiger partial charge in [0.15, 0.2) is 27.9 Å². The van der Waals surface area contributed by atoms with Crippen LogP contribution in [0.2, 0.25) is 0 Å². The number of hydrogen-bond acceptors (Lipinski definition) is 7. The van der Waals surface area contributed by atoms with E-state index in [1.165, 1.54) is 43.3 Å². The van der Waals surface area contributed by atoms with E-state index in [0.717, 1.165) is 6.08 Å². The number of likely N-dealkylation sites (N-methyl/N-ethyl adjacent to an activating group) is 1. The number of alkyl halides is 2. The maximum atomic E-state index is 12.3. The van der Waals surface area contributed by atoms with Crippen LogP contribution in [0.4, 0.5) is 8.78 Å². The second kappa shape index (κ2) is 9.68. The number of carbonyl (C=O) groups is 2. The smallest absolute Gasteiger partial charge is 0.387 e. The molecule has 1 aliphatic heterocycles. The maximum absolute atomic E-state index is 12.3. The molecule has 8 nitrogen and oxygen atoms in total. The van der Waals surface area contributed by atoms with Gasteiger partial charge in [-0.1, -0.05) is 6.07 Å². The van der Waals surface area contributed by atoms with E-state index in [0.29, 0.717) is 12.0 Å². The highest BCUT2D eigenvalue weighted by Gasteiger charge is 2.32. The zero-order chi connectivity index (χ0) is 21.6. The van der Waals surface area contributed by atoms with Crippen LogP contribution in [0.5, 0.6) is 11.5 Å². The van der Waals surface area contributed by atoms with Gasteiger partial charge in [0.25, 0.3) is 5.91 Å². The average Bonchev–Trinajstić information content (AvgIpc) is 3.03. The van der Waals surface area contributed by atoms with E-state index in [4.69, 9.17) is 9.47 Å². The van der Waals surface area contributed by atoms with Gasteiger partial charge in [0.1, 0.15) is 0 Å². The zero-order valence-corrected chi connectivity index (χ0v) is 16.7. The summed E-state index contributed by atoms with van der Waals surface area (Å²) in [5.74, 6) is -1.46. The van der Waals surface area contributed by atoms with E-state index in [2.05, 4.69) is 4.74 Å². The number of carbonyl (C=O) groups excluding carboxylic acids is 2. The molecule has 1 aliphatic rings. The number of methoxy groups -OCH3 is 1. The molecule has 1 aromatic carbocycles. The molecule has 160 valence electrons. The van der Waals surface area contributed by atoms with Crippen LogP contribution in [-0.4, -0.2) is 70.1 Å². The van der Waals surface area contributed by atoms with Crippen LogP contribution in [-0.2, 0) is 24.2 Å². The molecular formula is C18H21F2NO7S. The Morgan fingerprint density at radius 1 is 1.31 bits per heavy atom. The van der Waals surface area contributed by atoms with Gasteiger partial charge in [-0.25, -0.2) is 13.2 Å². The second-order valence-corrected chi connectivity index (χ2v) is 8.52. The van der Waals surface area contributed by atoms with Crippen molar-refractivity contribution in [1.29, 1.82) is 0 Å². The molecule has 0 saturated carbocycles. The van der Waals surface area contributed by atoms with Crippen molar-refractivity contribution < 1.29 is 41.0 Å². The lowest BCUT2D eigenvalue weighted by molar-refractivity contribution is -0.148. The van der Waals surface area contributed by atoms with Gasteiger partial charge in [-0.15, -0.1) is 0 Å². The molecule has 29 heavy (non-hydrogen) atoms. The van der Waals surface area contributed by atoms with E-state index in [-0.39, 0.29) is 23.0 Å². The SMILES string of the molecule is COc1cc(/C=C/C(=O)OCC(=O)N(C)[C@@H]2CCS(=O)(=O)C2)ccc1OC(F)F. The van der Waals surface area contributed by atoms with Crippen molar-refractivity contribution in [3.8, 4) is 11.5 Å². The monoisotopic (exact) mass is 433 g/mol. The minimum absolute atomic E-state index is 0.0302. The zero-order valence-electron chi connectivity index (χ0n) is 15.8. The molecule has 1 fully saturated rings. The molecule has 1 heterocycles. The number of ether oxygens (including phenoxy) is 3. The van der Waals surface area contributed by atoms with Crippen molar-refractivity contribution in [3.05, 3.63) is 29.8 Å². The minimum atomic E-state index is -3.13. The van der Waals surface area contributed by atoms with E-state index in [1.807, 2.05) is 0 Å². The van der Waals surface area contributed by atoms with E-state index >= 15 is 0 Å². The summed E-state index contributed by atoms with van der Waals surface area (Å²) in [6.45, 7) is -3.53. The molecule has 0 aromatic heterocycles. The van der Waals surface area contributed by atoms with Gasteiger partial charge in [0.05, 0.1) is 18.6 Å². The van der Waals surface area contributed by atoms with Crippen LogP contribution < -0.4 is 9.47 Å². The molecule has 0 aliphatic carbocycles. The predicted molar refractivity (Wildman–Crippen MR) is 99.4 cm³/mol. The highest BCUT2D eigenvalue weighted by molar-refractivity contribution is 7.91. The van der Waals surface area contributed by atoms with Crippen LogP contribution in [0.15, 0.2) is 24.3 Å². The predicted octanol–water partition coefficient (Wildman–Crippen LogP) is 1.50. The minimum Gasteiger partial charge on any atom is -0.493 e. The largest absolute Gasteiger partial charge is 0.493 e. The van der Waals surface area contributed by atoms with Crippen LogP contribution >= 0.6 is 0 Å². The number of nitrogens with zero attached hydrogens (tertiary/aromatic N) is 1. The summed E-state index contributed by atoms with van der Waals surface area (Å²) in [4.78, 5) is 25.1. The first-order chi connectivity index (χ1) is 13.6. The topological polar surface area (TPSA) is 99.2 Å². The van der Waals surface area contributed by atoms with Gasteiger partial charge in [0.2, 0.25) is 0 Å². The summed E-state index contributed by atoms with van der Waals surface area (Å²) >= 11 is 0. The summed E-state index contributed by atoms with van der Waals surface area (Å²) in [7, 11) is -0.384. The highest BCUT2D eigenvalue weighted by atomic mass is 32.2. The second-order valence-electron chi connectivity index (χ2n) is 6.29. The van der Waals surface area contributed by atoms with Crippen molar-refractivity contribution in [1.82, 2.24) is 4.90 Å². The first kappa shape index (κ1) is 22.6. The fourth-order valence-electron chi connectivity index (χ4n) is 2.71. The molecule has 1 aromatic rings. The number of amides is 1. The summed E-state index contributed by atoms with van der Waals surface area (Å²) in [5, 5.41) is 0. The molecule has 0 N–H and O–H groups in total. The van der Waals surface area contributed by atoms with E-state index < -0.39 is 41.0 Å². The Bertz CT molecular complexity index is 886. The van der Waals surface area contributed by atoms with Crippen molar-refractivity contribution in [2.75, 3.05) is 32.3 Å². The highest BCUT2D eigenvalue weighted by Crippen LogP contribution is 2.29. The van der Waals surface area contributed by atoms with Gasteiger partial charge >= 0.3 is 12.6 Å². The fraction of sp³-hybridized carbons (Fsp3) is 0.444. The normalized spacial score (nSPS) is 18.0. The standard InChI is InChI=1S/C18H21F2NO7S/c1-21(13-7-8-29(24,25)11-13)16(22)10-27-17(23)6-4-12-3-5-14(28-18(19)20)15(9-12)26-2/h3-6,9,13,18H,7-8,10-11H2,1-2H3/b6-4+/t13-/m1/s1. The molecule has 2 rings (SSSR count). The lowest BCUT2D eigenvalue weighted by atomic mass is 10.2. The third-order valence-electron chi connectivity index (χ3n) is 4.30. The van der Waals surface area contributed by atoms with Crippen molar-refractivity contribution in [2.24, 2.45) is 0 Å². The molecule has 1 atom stereocenters. The van der Waals surface area contributed by atoms with Crippen LogP contribution in [0.3, 0.4) is 0 Å². The number of sulfone groups is 1. The Morgan fingerprint density at radius 3 is 2.62 bits per heavy atom. The molecule has 1 amide bonds. The maximum Gasteiger partial charge on any atom is 0.387 e. The van der Waals surface area contributed by atoms with Gasteiger partial charge in [-0.2, -0.15) is 8.78 Å². The molecule has 11 heteroatoms. The van der Waals surface area contributed by atoms with Gasteiger partial charge < -0.3 is 19.1 Å². The van der Waals surface area contributed by atoms with E-state index in [1.54, 1.807) is 0 Å². The Morgan fingerprint density at radius 2 is 2.03 bits per heavy atom. The first-order valence-electron chi connectivity index (χ1n) is 8.55. The summed E-state index contributed by atoms with van der Waals surface area (Å²) < 4.78 is 61.8. The van der Waals surface area contributed by atoms with Crippen LogP contribution in [0.25, 0.3) is 6.08 Å². The van der Waals surface area contributed by atoms with Crippen molar-refractivity contribution in [2.45, 2.75) is 19.1 Å². The Labute approximate surface area is 166 Å². The summed E-state index contributed by atoms with van der Waals surface area (Å²) in [6, 6.07) is 3.66. The molecular weight excluding hydrogens is 412 g/mol. The number of hydrogen-bond donors (Lipinski definition) is 0. The van der Waals surface area contributed by atoms with Gasteiger partial charge in [-0.3, -0.25) is 4.79 Å². The molecule has 0 bridgehead atoms. The van der Waals surface area contributed by atoms with Crippen molar-refractivity contribution >= 4 is 27.8 Å². The average molecular weight is 433 g/mol. The lowest BCUT2D eigenvalue weighted by Gasteiger charge is -2.22. The van der Waals surface area contributed by atoms with Gasteiger partial charge in [0, 0.05) is 19.2 Å². The van der Waals surface area contributed by atoms with Crippen LogP contribution in [0.1, 0.15) is 12.0 Å². The number of halogens is 2. The number of rotatable bonds is 8. The molecule has 1 saturated heterocycles. The molecule has 0 unspecified atom stereocenters. The third-order valence-corrected chi connectivity index (χ3v) is 6.05. The van der Waals surface area contributed by atoms with Gasteiger partial charge in [-0.05, 0) is 30.2 Å². The first-order valence-corrected chi connectivity index (χ1v) is 10.4. The molecule has 0 spiro atoms. The fourth-order valence-corrected chi connectivity index (χ4v) is 4.49. The van der Waals surface area contributed by atoms with E-state index in [9.17, 15) is 26.8 Å². The Balaban J connectivity index is 1.88. The quantitative estimate of drug-likeness (QED) is 0.453. The van der Waals surface area contributed by atoms with Crippen LogP contribution in [0, 0.1) is 0 Å². The molecule has 0 radical (unpaired) electrons. The number of esters is 1. The Kier molecular flexibility index (Phi) is 7.54. The number of benzene rings is 1. The summed E-state index contributed by atoms with van der Waals surface area (Å²) in [6.07, 6.45) is 2.77. The Hall–Kier alpha value is -2.69.